The molecule has 0 fully saturated rings. The third-order valence-corrected chi connectivity index (χ3v) is 4.50. The van der Waals surface area contributed by atoms with E-state index in [4.69, 9.17) is 0 Å². The highest BCUT2D eigenvalue weighted by Crippen LogP contribution is 2.17. The van der Waals surface area contributed by atoms with E-state index >= 15 is 0 Å². The summed E-state index contributed by atoms with van der Waals surface area (Å²) in [6, 6.07) is 17.9. The zero-order valence-electron chi connectivity index (χ0n) is 14.8. The molecule has 1 aromatic heterocycles. The highest BCUT2D eigenvalue weighted by molar-refractivity contribution is 6.35. The Balaban J connectivity index is 1.43. The molecule has 0 unspecified atom stereocenters. The number of amides is 2. The standard InChI is InChI=1S/C21H23N3O2/c1-15(16-7-3-2-4-8-16)13-24-21(26)20(25)22-12-11-17-14-23-19-10-6-5-9-18(17)19/h2-10,14-15,23H,11-13H2,1H3,(H,22,25)(H,24,26)/t15-/m0/s1. The van der Waals surface area contributed by atoms with Crippen LogP contribution >= 0.6 is 0 Å². The van der Waals surface area contributed by atoms with Crippen molar-refractivity contribution in [2.45, 2.75) is 19.3 Å². The smallest absolute Gasteiger partial charge is 0.309 e. The molecule has 1 heterocycles. The van der Waals surface area contributed by atoms with Crippen molar-refractivity contribution in [2.24, 2.45) is 0 Å². The maximum absolute atomic E-state index is 12.0. The van der Waals surface area contributed by atoms with E-state index < -0.39 is 11.8 Å². The van der Waals surface area contributed by atoms with Gasteiger partial charge in [-0.1, -0.05) is 55.5 Å². The van der Waals surface area contributed by atoms with Crippen LogP contribution < -0.4 is 10.6 Å². The summed E-state index contributed by atoms with van der Waals surface area (Å²) >= 11 is 0. The van der Waals surface area contributed by atoms with Crippen LogP contribution in [0.2, 0.25) is 0 Å². The molecule has 3 aromatic rings. The van der Waals surface area contributed by atoms with Crippen LogP contribution in [0, 0.1) is 0 Å². The highest BCUT2D eigenvalue weighted by Gasteiger charge is 2.14. The van der Waals surface area contributed by atoms with Gasteiger partial charge in [0.15, 0.2) is 0 Å². The van der Waals surface area contributed by atoms with Crippen molar-refractivity contribution < 1.29 is 9.59 Å². The SMILES string of the molecule is C[C@@H](CNC(=O)C(=O)NCCc1c[nH]c2ccccc12)c1ccccc1. The molecule has 3 rings (SSSR count). The van der Waals surface area contributed by atoms with Crippen molar-refractivity contribution in [1.29, 1.82) is 0 Å². The Morgan fingerprint density at radius 3 is 2.46 bits per heavy atom. The van der Waals surface area contributed by atoms with Crippen LogP contribution in [0.15, 0.2) is 60.8 Å². The van der Waals surface area contributed by atoms with Crippen LogP contribution in [0.5, 0.6) is 0 Å². The number of benzene rings is 2. The van der Waals surface area contributed by atoms with E-state index in [2.05, 4.69) is 15.6 Å². The van der Waals surface area contributed by atoms with Gasteiger partial charge in [-0.2, -0.15) is 0 Å². The summed E-state index contributed by atoms with van der Waals surface area (Å²) in [6.07, 6.45) is 2.61. The minimum absolute atomic E-state index is 0.152. The van der Waals surface area contributed by atoms with Crippen LogP contribution in [0.3, 0.4) is 0 Å². The second-order valence-corrected chi connectivity index (χ2v) is 6.39. The Bertz CT molecular complexity index is 886. The number of rotatable bonds is 6. The number of para-hydroxylation sites is 1. The fourth-order valence-electron chi connectivity index (χ4n) is 2.95. The van der Waals surface area contributed by atoms with Gasteiger partial charge in [0.1, 0.15) is 0 Å². The Kier molecular flexibility index (Phi) is 5.69. The van der Waals surface area contributed by atoms with Crippen LogP contribution in [0.1, 0.15) is 24.0 Å². The summed E-state index contributed by atoms with van der Waals surface area (Å²) < 4.78 is 0. The number of hydrogen-bond acceptors (Lipinski definition) is 2. The van der Waals surface area contributed by atoms with Gasteiger partial charge in [0, 0.05) is 30.2 Å². The zero-order valence-corrected chi connectivity index (χ0v) is 14.8. The third kappa shape index (κ3) is 4.30. The van der Waals surface area contributed by atoms with Crippen LogP contribution in [-0.4, -0.2) is 29.9 Å². The highest BCUT2D eigenvalue weighted by atomic mass is 16.2. The number of nitrogens with one attached hydrogen (secondary N) is 3. The third-order valence-electron chi connectivity index (χ3n) is 4.50. The fraction of sp³-hybridized carbons (Fsp3) is 0.238. The number of hydrogen-bond donors (Lipinski definition) is 3. The second-order valence-electron chi connectivity index (χ2n) is 6.39. The van der Waals surface area contributed by atoms with Crippen molar-refractivity contribution in [3.8, 4) is 0 Å². The van der Waals surface area contributed by atoms with Crippen molar-refractivity contribution in [3.05, 3.63) is 71.9 Å². The fourth-order valence-corrected chi connectivity index (χ4v) is 2.95. The van der Waals surface area contributed by atoms with Crippen molar-refractivity contribution in [2.75, 3.05) is 13.1 Å². The van der Waals surface area contributed by atoms with Gasteiger partial charge in [-0.3, -0.25) is 9.59 Å². The lowest BCUT2D eigenvalue weighted by Crippen LogP contribution is -2.41. The Labute approximate surface area is 152 Å². The molecule has 0 saturated carbocycles. The minimum atomic E-state index is -0.592. The predicted octanol–water partition coefficient (Wildman–Crippen LogP) is 2.75. The minimum Gasteiger partial charge on any atom is -0.361 e. The molecule has 3 N–H and O–H groups in total. The van der Waals surface area contributed by atoms with Gasteiger partial charge in [0.25, 0.3) is 0 Å². The zero-order chi connectivity index (χ0) is 18.4. The van der Waals surface area contributed by atoms with Crippen LogP contribution in [0.4, 0.5) is 0 Å². The molecule has 5 nitrogen and oxygen atoms in total. The maximum atomic E-state index is 12.0. The first-order valence-electron chi connectivity index (χ1n) is 8.81. The predicted molar refractivity (Wildman–Crippen MR) is 103 cm³/mol. The summed E-state index contributed by atoms with van der Waals surface area (Å²) in [5.74, 6) is -1.03. The lowest BCUT2D eigenvalue weighted by molar-refractivity contribution is -0.139. The molecule has 26 heavy (non-hydrogen) atoms. The van der Waals surface area contributed by atoms with Crippen LogP contribution in [-0.2, 0) is 16.0 Å². The molecule has 0 aliphatic heterocycles. The van der Waals surface area contributed by atoms with Gasteiger partial charge in [-0.15, -0.1) is 0 Å². The van der Waals surface area contributed by atoms with E-state index in [-0.39, 0.29) is 5.92 Å². The lowest BCUT2D eigenvalue weighted by atomic mass is 10.0. The van der Waals surface area contributed by atoms with Gasteiger partial charge < -0.3 is 15.6 Å². The van der Waals surface area contributed by atoms with Crippen molar-refractivity contribution >= 4 is 22.7 Å². The molecule has 1 atom stereocenters. The molecular weight excluding hydrogens is 326 g/mol. The maximum Gasteiger partial charge on any atom is 0.309 e. The van der Waals surface area contributed by atoms with Crippen molar-refractivity contribution in [1.82, 2.24) is 15.6 Å². The molecule has 134 valence electrons. The summed E-state index contributed by atoms with van der Waals surface area (Å²) in [4.78, 5) is 27.1. The number of aromatic nitrogens is 1. The van der Waals surface area contributed by atoms with E-state index in [0.29, 0.717) is 19.5 Å². The normalized spacial score (nSPS) is 11.9. The molecule has 0 aliphatic rings. The van der Waals surface area contributed by atoms with Crippen molar-refractivity contribution in [3.63, 3.8) is 0 Å². The van der Waals surface area contributed by atoms with Gasteiger partial charge >= 0.3 is 11.8 Å². The average Bonchev–Trinajstić information content (AvgIpc) is 3.09. The topological polar surface area (TPSA) is 74.0 Å². The molecule has 0 spiro atoms. The first-order chi connectivity index (χ1) is 12.6. The Morgan fingerprint density at radius 1 is 0.962 bits per heavy atom. The average molecular weight is 349 g/mol. The van der Waals surface area contributed by atoms with E-state index in [9.17, 15) is 9.59 Å². The number of H-pyrrole nitrogens is 1. The lowest BCUT2D eigenvalue weighted by Gasteiger charge is -2.13. The number of aromatic amines is 1. The summed E-state index contributed by atoms with van der Waals surface area (Å²) in [5.41, 5.74) is 3.33. The first-order valence-corrected chi connectivity index (χ1v) is 8.81. The van der Waals surface area contributed by atoms with E-state index in [1.807, 2.05) is 67.7 Å². The largest absolute Gasteiger partial charge is 0.361 e. The van der Waals surface area contributed by atoms with Crippen LogP contribution in [0.25, 0.3) is 10.9 Å². The molecule has 0 saturated heterocycles. The molecule has 2 aromatic carbocycles. The van der Waals surface area contributed by atoms with Gasteiger partial charge in [0.05, 0.1) is 0 Å². The van der Waals surface area contributed by atoms with Gasteiger partial charge in [0.2, 0.25) is 0 Å². The summed E-state index contributed by atoms with van der Waals surface area (Å²) in [6.45, 7) is 2.87. The van der Waals surface area contributed by atoms with E-state index in [1.54, 1.807) is 0 Å². The molecule has 0 aliphatic carbocycles. The summed E-state index contributed by atoms with van der Waals surface area (Å²) in [7, 11) is 0. The van der Waals surface area contributed by atoms with Gasteiger partial charge in [-0.25, -0.2) is 0 Å². The molecule has 0 radical (unpaired) electrons. The quantitative estimate of drug-likeness (QED) is 0.599. The number of carbonyl (C=O) groups excluding carboxylic acids is 2. The van der Waals surface area contributed by atoms with E-state index in [1.165, 1.54) is 0 Å². The Hall–Kier alpha value is -3.08. The number of carbonyl (C=O) groups is 2. The van der Waals surface area contributed by atoms with E-state index in [0.717, 1.165) is 22.0 Å². The molecular formula is C21H23N3O2. The first kappa shape index (κ1) is 17.7. The second kappa shape index (κ2) is 8.34. The molecule has 5 heteroatoms. The number of fused-ring (bicyclic) bond motifs is 1. The van der Waals surface area contributed by atoms with Gasteiger partial charge in [-0.05, 0) is 29.5 Å². The Morgan fingerprint density at radius 2 is 1.65 bits per heavy atom. The monoisotopic (exact) mass is 349 g/mol. The summed E-state index contributed by atoms with van der Waals surface area (Å²) in [5, 5.41) is 6.52. The molecule has 2 amide bonds. The molecule has 0 bridgehead atoms.